The van der Waals surface area contributed by atoms with Crippen LogP contribution in [0.5, 0.6) is 0 Å². The van der Waals surface area contributed by atoms with Crippen LogP contribution < -0.4 is 5.32 Å². The van der Waals surface area contributed by atoms with Crippen molar-refractivity contribution in [3.05, 3.63) is 34.1 Å². The summed E-state index contributed by atoms with van der Waals surface area (Å²) in [6.45, 7) is 3.68. The van der Waals surface area contributed by atoms with E-state index in [1.807, 2.05) is 19.9 Å². The number of halogens is 2. The van der Waals surface area contributed by atoms with Crippen LogP contribution in [0.25, 0.3) is 0 Å². The highest BCUT2D eigenvalue weighted by molar-refractivity contribution is 9.10. The van der Waals surface area contributed by atoms with Crippen LogP contribution >= 0.6 is 15.9 Å². The highest BCUT2D eigenvalue weighted by atomic mass is 79.9. The van der Waals surface area contributed by atoms with Crippen LogP contribution in [0.4, 0.5) is 4.39 Å². The summed E-state index contributed by atoms with van der Waals surface area (Å²) in [4.78, 5) is 11.8. The zero-order valence-corrected chi connectivity index (χ0v) is 11.1. The molecule has 5 heteroatoms. The van der Waals surface area contributed by atoms with Crippen molar-refractivity contribution in [1.29, 1.82) is 5.26 Å². The van der Waals surface area contributed by atoms with Crippen molar-refractivity contribution in [1.82, 2.24) is 5.32 Å². The Morgan fingerprint density at radius 1 is 1.53 bits per heavy atom. The lowest BCUT2D eigenvalue weighted by Gasteiger charge is -2.15. The Morgan fingerprint density at radius 3 is 2.65 bits per heavy atom. The molecule has 1 aromatic rings. The first kappa shape index (κ1) is 13.7. The number of carbonyl (C=O) groups is 1. The molecular formula is C12H12BrFN2O. The zero-order valence-electron chi connectivity index (χ0n) is 9.50. The lowest BCUT2D eigenvalue weighted by Crippen LogP contribution is -2.37. The number of nitriles is 1. The summed E-state index contributed by atoms with van der Waals surface area (Å²) in [6, 6.07) is 5.25. The zero-order chi connectivity index (χ0) is 13.0. The maximum absolute atomic E-state index is 12.9. The van der Waals surface area contributed by atoms with Crippen molar-refractivity contribution in [2.24, 2.45) is 5.92 Å². The third kappa shape index (κ3) is 3.53. The predicted molar refractivity (Wildman–Crippen MR) is 65.8 cm³/mol. The maximum atomic E-state index is 12.9. The third-order valence-corrected chi connectivity index (χ3v) is 2.92. The van der Waals surface area contributed by atoms with Gasteiger partial charge in [-0.15, -0.1) is 0 Å². The number of hydrogen-bond acceptors (Lipinski definition) is 2. The molecular weight excluding hydrogens is 287 g/mol. The minimum absolute atomic E-state index is 0.0168. The van der Waals surface area contributed by atoms with E-state index in [4.69, 9.17) is 5.26 Å². The summed E-state index contributed by atoms with van der Waals surface area (Å²) >= 11 is 3.11. The summed E-state index contributed by atoms with van der Waals surface area (Å²) in [5.41, 5.74) is 0.312. The minimum Gasteiger partial charge on any atom is -0.336 e. The molecule has 0 saturated carbocycles. The van der Waals surface area contributed by atoms with Gasteiger partial charge in [0.2, 0.25) is 0 Å². The van der Waals surface area contributed by atoms with Crippen LogP contribution in [0.3, 0.4) is 0 Å². The predicted octanol–water partition coefficient (Wildman–Crippen LogP) is 2.87. The van der Waals surface area contributed by atoms with Gasteiger partial charge >= 0.3 is 0 Å². The molecule has 1 amide bonds. The molecule has 0 aliphatic rings. The molecule has 0 fully saturated rings. The van der Waals surface area contributed by atoms with Crippen molar-refractivity contribution in [2.75, 3.05) is 0 Å². The first-order valence-corrected chi connectivity index (χ1v) is 5.90. The summed E-state index contributed by atoms with van der Waals surface area (Å²) in [5.74, 6) is -0.797. The molecule has 0 aliphatic carbocycles. The quantitative estimate of drug-likeness (QED) is 0.933. The third-order valence-electron chi connectivity index (χ3n) is 2.27. The Morgan fingerprint density at radius 2 is 2.18 bits per heavy atom. The van der Waals surface area contributed by atoms with E-state index >= 15 is 0 Å². The molecule has 17 heavy (non-hydrogen) atoms. The van der Waals surface area contributed by atoms with E-state index in [1.165, 1.54) is 18.2 Å². The largest absolute Gasteiger partial charge is 0.336 e. The lowest BCUT2D eigenvalue weighted by atomic mass is 10.1. The molecule has 0 bridgehead atoms. The van der Waals surface area contributed by atoms with Crippen molar-refractivity contribution in [2.45, 2.75) is 19.9 Å². The lowest BCUT2D eigenvalue weighted by molar-refractivity contribution is 0.0937. The normalized spacial score (nSPS) is 12.0. The Bertz CT molecular complexity index is 468. The first-order valence-electron chi connectivity index (χ1n) is 5.11. The van der Waals surface area contributed by atoms with Gasteiger partial charge in [0.1, 0.15) is 11.9 Å². The fourth-order valence-corrected chi connectivity index (χ4v) is 1.77. The Kier molecular flexibility index (Phi) is 4.64. The van der Waals surface area contributed by atoms with Crippen molar-refractivity contribution in [3.8, 4) is 6.07 Å². The Labute approximate surface area is 108 Å². The number of amides is 1. The van der Waals surface area contributed by atoms with E-state index in [2.05, 4.69) is 21.2 Å². The average Bonchev–Trinajstić information content (AvgIpc) is 2.24. The number of nitrogens with one attached hydrogen (secondary N) is 1. The topological polar surface area (TPSA) is 52.9 Å². The number of carbonyl (C=O) groups excluding carboxylic acids is 1. The molecule has 1 N–H and O–H groups in total. The molecule has 0 spiro atoms. The van der Waals surface area contributed by atoms with Gasteiger partial charge in [0, 0.05) is 4.47 Å². The second-order valence-corrected chi connectivity index (χ2v) is 4.80. The minimum atomic E-state index is -0.556. The molecule has 0 aliphatic heterocycles. The molecule has 90 valence electrons. The number of benzene rings is 1. The number of nitrogens with zero attached hydrogens (tertiary/aromatic N) is 1. The summed E-state index contributed by atoms with van der Waals surface area (Å²) in [7, 11) is 0. The first-order chi connectivity index (χ1) is 7.95. The van der Waals surface area contributed by atoms with E-state index in [9.17, 15) is 9.18 Å². The Balaban J connectivity index is 2.87. The fraction of sp³-hybridized carbons (Fsp3) is 0.333. The van der Waals surface area contributed by atoms with Crippen LogP contribution in [-0.4, -0.2) is 11.9 Å². The van der Waals surface area contributed by atoms with Crippen LogP contribution in [0.15, 0.2) is 22.7 Å². The van der Waals surface area contributed by atoms with E-state index in [0.717, 1.165) is 0 Å². The van der Waals surface area contributed by atoms with E-state index in [-0.39, 0.29) is 5.92 Å². The summed E-state index contributed by atoms with van der Waals surface area (Å²) in [5, 5.41) is 11.5. The van der Waals surface area contributed by atoms with Crippen molar-refractivity contribution < 1.29 is 9.18 Å². The van der Waals surface area contributed by atoms with E-state index < -0.39 is 17.8 Å². The van der Waals surface area contributed by atoms with Gasteiger partial charge in [-0.3, -0.25) is 4.79 Å². The monoisotopic (exact) mass is 298 g/mol. The van der Waals surface area contributed by atoms with Gasteiger partial charge in [0.05, 0.1) is 11.6 Å². The van der Waals surface area contributed by atoms with E-state index in [1.54, 1.807) is 0 Å². The molecule has 1 unspecified atom stereocenters. The van der Waals surface area contributed by atoms with Gasteiger partial charge in [-0.1, -0.05) is 13.8 Å². The van der Waals surface area contributed by atoms with E-state index in [0.29, 0.717) is 10.0 Å². The van der Waals surface area contributed by atoms with Crippen LogP contribution in [-0.2, 0) is 0 Å². The van der Waals surface area contributed by atoms with Crippen LogP contribution in [0.1, 0.15) is 24.2 Å². The maximum Gasteiger partial charge on any atom is 0.253 e. The summed E-state index contributed by atoms with van der Waals surface area (Å²) < 4.78 is 13.2. The average molecular weight is 299 g/mol. The molecule has 0 radical (unpaired) electrons. The molecule has 1 rings (SSSR count). The van der Waals surface area contributed by atoms with Gasteiger partial charge in [-0.2, -0.15) is 5.26 Å². The molecule has 1 atom stereocenters. The van der Waals surface area contributed by atoms with Crippen molar-refractivity contribution >= 4 is 21.8 Å². The second kappa shape index (κ2) is 5.78. The Hall–Kier alpha value is -1.41. The van der Waals surface area contributed by atoms with Gasteiger partial charge in [-0.25, -0.2) is 4.39 Å². The van der Waals surface area contributed by atoms with Gasteiger partial charge in [0.25, 0.3) is 5.91 Å². The molecule has 0 saturated heterocycles. The molecule has 3 nitrogen and oxygen atoms in total. The fourth-order valence-electron chi connectivity index (χ4n) is 1.24. The van der Waals surface area contributed by atoms with Crippen LogP contribution in [0.2, 0.25) is 0 Å². The smallest absolute Gasteiger partial charge is 0.253 e. The summed E-state index contributed by atoms with van der Waals surface area (Å²) in [6.07, 6.45) is 0. The SMILES string of the molecule is CC(C)C(C#N)NC(=O)c1ccc(F)cc1Br. The van der Waals surface area contributed by atoms with Crippen LogP contribution in [0, 0.1) is 23.1 Å². The van der Waals surface area contributed by atoms with Gasteiger partial charge in [0.15, 0.2) is 0 Å². The highest BCUT2D eigenvalue weighted by Gasteiger charge is 2.18. The highest BCUT2D eigenvalue weighted by Crippen LogP contribution is 2.18. The van der Waals surface area contributed by atoms with Crippen molar-refractivity contribution in [3.63, 3.8) is 0 Å². The molecule has 0 heterocycles. The standard InChI is InChI=1S/C12H12BrFN2O/c1-7(2)11(6-15)16-12(17)9-4-3-8(14)5-10(9)13/h3-5,7,11H,1-2H3,(H,16,17). The molecule has 1 aromatic carbocycles. The second-order valence-electron chi connectivity index (χ2n) is 3.95. The molecule has 0 aromatic heterocycles. The van der Waals surface area contributed by atoms with Gasteiger partial charge in [-0.05, 0) is 40.0 Å². The van der Waals surface area contributed by atoms with Gasteiger partial charge < -0.3 is 5.32 Å². The number of rotatable bonds is 3. The number of hydrogen-bond donors (Lipinski definition) is 1.